The molecule has 2 heterocycles. The number of ether oxygens (including phenoxy) is 2. The first kappa shape index (κ1) is 34.2. The number of carbonyl (C=O) groups is 1. The van der Waals surface area contributed by atoms with E-state index < -0.39 is 0 Å². The number of hydrogen-bond acceptors (Lipinski definition) is 6. The van der Waals surface area contributed by atoms with Crippen LogP contribution in [0.1, 0.15) is 129 Å². The molecule has 0 fully saturated rings. The molecule has 0 bridgehead atoms. The first-order valence-corrected chi connectivity index (χ1v) is 16.7. The quantitative estimate of drug-likeness (QED) is 0.0565. The van der Waals surface area contributed by atoms with E-state index in [1.807, 2.05) is 0 Å². The summed E-state index contributed by atoms with van der Waals surface area (Å²) in [7, 11) is 2.16. The molecule has 0 spiro atoms. The number of esters is 1. The van der Waals surface area contributed by atoms with E-state index in [1.54, 1.807) is 0 Å². The lowest BCUT2D eigenvalue weighted by atomic mass is 10.1. The largest absolute Gasteiger partial charge is 0.475 e. The van der Waals surface area contributed by atoms with E-state index in [2.05, 4.69) is 60.0 Å². The molecule has 1 unspecified atom stereocenters. The zero-order valence-corrected chi connectivity index (χ0v) is 26.5. The highest BCUT2D eigenvalue weighted by Gasteiger charge is 2.31. The van der Waals surface area contributed by atoms with E-state index in [9.17, 15) is 4.79 Å². The van der Waals surface area contributed by atoms with Gasteiger partial charge in [-0.15, -0.1) is 4.37 Å². The van der Waals surface area contributed by atoms with Crippen LogP contribution in [0.5, 0.6) is 5.88 Å². The monoisotopic (exact) mass is 574 g/mol. The fourth-order valence-corrected chi connectivity index (χ4v) is 5.47. The van der Waals surface area contributed by atoms with Gasteiger partial charge in [-0.25, -0.2) is 0 Å². The molecule has 1 atom stereocenters. The molecule has 0 saturated carbocycles. The van der Waals surface area contributed by atoms with Gasteiger partial charge < -0.3 is 9.47 Å². The lowest BCUT2D eigenvalue weighted by molar-refractivity contribution is -0.919. The van der Waals surface area contributed by atoms with Crippen molar-refractivity contribution in [3.63, 3.8) is 0 Å². The van der Waals surface area contributed by atoms with Crippen molar-refractivity contribution < 1.29 is 18.8 Å². The Labute approximate surface area is 248 Å². The highest BCUT2D eigenvalue weighted by molar-refractivity contribution is 6.99. The Balaban J connectivity index is 1.55. The highest BCUT2D eigenvalue weighted by atomic mass is 32.1. The molecule has 1 aromatic rings. The van der Waals surface area contributed by atoms with Gasteiger partial charge in [0, 0.05) is 18.4 Å². The third-order valence-corrected chi connectivity index (χ3v) is 7.99. The molecule has 40 heavy (non-hydrogen) atoms. The standard InChI is InChI=1S/C33H56N3O3S/c1-4-6-8-10-11-12-13-14-15-16-17-18-19-20-21-25-31(37)39-29-36(3)26-23-24-30(28-36)32-33(35-40-34-32)38-27-22-9-7-5-2/h11-12,14-15,24H,4-10,13,16-23,25-29H2,1-3H3/q+1/b12-11-,15-14-. The van der Waals surface area contributed by atoms with Crippen LogP contribution >= 0.6 is 11.7 Å². The molecule has 0 aliphatic carbocycles. The summed E-state index contributed by atoms with van der Waals surface area (Å²) in [4.78, 5) is 12.4. The van der Waals surface area contributed by atoms with Crippen molar-refractivity contribution in [1.29, 1.82) is 0 Å². The molecule has 0 amide bonds. The Morgan fingerprint density at radius 2 is 1.57 bits per heavy atom. The molecule has 1 aliphatic rings. The third-order valence-electron chi connectivity index (χ3n) is 7.48. The fourth-order valence-electron chi connectivity index (χ4n) is 4.94. The molecular weight excluding hydrogens is 518 g/mol. The Morgan fingerprint density at radius 3 is 2.35 bits per heavy atom. The van der Waals surface area contributed by atoms with Gasteiger partial charge in [0.1, 0.15) is 12.2 Å². The van der Waals surface area contributed by atoms with Crippen molar-refractivity contribution in [2.24, 2.45) is 0 Å². The summed E-state index contributed by atoms with van der Waals surface area (Å²) >= 11 is 1.21. The summed E-state index contributed by atoms with van der Waals surface area (Å²) in [6, 6.07) is 0. The van der Waals surface area contributed by atoms with Crippen LogP contribution in [0.25, 0.3) is 5.57 Å². The first-order valence-electron chi connectivity index (χ1n) is 16.0. The SMILES string of the molecule is CCCCC/C=C\C/C=C\CCCCCCCC(=O)OC[N+]1(C)CCC=C(c2nsnc2OCCCCCC)C1. The average molecular weight is 575 g/mol. The van der Waals surface area contributed by atoms with Crippen molar-refractivity contribution in [3.05, 3.63) is 36.1 Å². The summed E-state index contributed by atoms with van der Waals surface area (Å²) in [5.74, 6) is 0.576. The van der Waals surface area contributed by atoms with Crippen molar-refractivity contribution in [1.82, 2.24) is 8.75 Å². The van der Waals surface area contributed by atoms with E-state index in [4.69, 9.17) is 9.47 Å². The van der Waals surface area contributed by atoms with Crippen molar-refractivity contribution >= 4 is 23.3 Å². The Kier molecular flexibility index (Phi) is 18.6. The number of hydrogen-bond donors (Lipinski definition) is 0. The van der Waals surface area contributed by atoms with Crippen LogP contribution in [0.2, 0.25) is 0 Å². The van der Waals surface area contributed by atoms with Gasteiger partial charge >= 0.3 is 5.97 Å². The molecule has 1 aromatic heterocycles. The number of allylic oxidation sites excluding steroid dienone is 4. The molecule has 2 rings (SSSR count). The fraction of sp³-hybridized carbons (Fsp3) is 0.727. The van der Waals surface area contributed by atoms with Gasteiger partial charge in [0.2, 0.25) is 6.73 Å². The number of carbonyl (C=O) groups excluding carboxylic acids is 1. The van der Waals surface area contributed by atoms with Gasteiger partial charge in [0.15, 0.2) is 0 Å². The molecule has 1 aliphatic heterocycles. The van der Waals surface area contributed by atoms with E-state index in [0.717, 1.165) is 62.9 Å². The van der Waals surface area contributed by atoms with Gasteiger partial charge in [-0.1, -0.05) is 95.6 Å². The lowest BCUT2D eigenvalue weighted by Gasteiger charge is -2.36. The van der Waals surface area contributed by atoms with Crippen LogP contribution in [0.3, 0.4) is 0 Å². The van der Waals surface area contributed by atoms with Crippen LogP contribution in [0.15, 0.2) is 30.4 Å². The maximum Gasteiger partial charge on any atom is 0.310 e. The van der Waals surface area contributed by atoms with Crippen LogP contribution in [0, 0.1) is 0 Å². The maximum absolute atomic E-state index is 12.4. The minimum Gasteiger partial charge on any atom is -0.475 e. The normalized spacial score (nSPS) is 17.5. The minimum atomic E-state index is -0.0763. The van der Waals surface area contributed by atoms with Crippen LogP contribution < -0.4 is 4.74 Å². The predicted octanol–water partition coefficient (Wildman–Crippen LogP) is 9.05. The molecule has 7 heteroatoms. The average Bonchev–Trinajstić information content (AvgIpc) is 3.43. The predicted molar refractivity (Wildman–Crippen MR) is 168 cm³/mol. The molecular formula is C33H56N3O3S+. The number of aromatic nitrogens is 2. The molecule has 6 nitrogen and oxygen atoms in total. The molecule has 0 aromatic carbocycles. The number of rotatable bonds is 23. The number of nitrogens with zero attached hydrogens (tertiary/aromatic N) is 3. The topological polar surface area (TPSA) is 61.3 Å². The first-order chi connectivity index (χ1) is 19.6. The summed E-state index contributed by atoms with van der Waals surface area (Å²) in [5.41, 5.74) is 2.01. The summed E-state index contributed by atoms with van der Waals surface area (Å²) in [6.07, 6.45) is 30.6. The van der Waals surface area contributed by atoms with E-state index in [-0.39, 0.29) is 5.97 Å². The summed E-state index contributed by atoms with van der Waals surface area (Å²) < 4.78 is 21.3. The third kappa shape index (κ3) is 15.1. The van der Waals surface area contributed by atoms with E-state index >= 15 is 0 Å². The highest BCUT2D eigenvalue weighted by Crippen LogP contribution is 2.30. The number of likely N-dealkylation sites (N-methyl/N-ethyl adjacent to an activating group) is 1. The lowest BCUT2D eigenvalue weighted by Crippen LogP contribution is -2.49. The smallest absolute Gasteiger partial charge is 0.310 e. The maximum atomic E-state index is 12.4. The zero-order chi connectivity index (χ0) is 28.7. The second-order valence-electron chi connectivity index (χ2n) is 11.5. The zero-order valence-electron chi connectivity index (χ0n) is 25.7. The Morgan fingerprint density at radius 1 is 0.900 bits per heavy atom. The molecule has 0 radical (unpaired) electrons. The van der Waals surface area contributed by atoms with Gasteiger partial charge in [-0.05, 0) is 44.9 Å². The van der Waals surface area contributed by atoms with Crippen LogP contribution in [0.4, 0.5) is 0 Å². The van der Waals surface area contributed by atoms with Crippen LogP contribution in [-0.2, 0) is 9.53 Å². The molecule has 0 saturated heterocycles. The van der Waals surface area contributed by atoms with Gasteiger partial charge in [0.25, 0.3) is 5.88 Å². The van der Waals surface area contributed by atoms with Crippen molar-refractivity contribution in [3.8, 4) is 5.88 Å². The van der Waals surface area contributed by atoms with E-state index in [1.165, 1.54) is 75.9 Å². The van der Waals surface area contributed by atoms with Gasteiger partial charge in [-0.2, -0.15) is 4.37 Å². The van der Waals surface area contributed by atoms with Crippen LogP contribution in [-0.4, -0.2) is 52.7 Å². The van der Waals surface area contributed by atoms with Crippen molar-refractivity contribution in [2.45, 2.75) is 123 Å². The number of quaternary nitrogens is 1. The summed E-state index contributed by atoms with van der Waals surface area (Å²) in [5, 5.41) is 0. The Hall–Kier alpha value is -1.99. The van der Waals surface area contributed by atoms with Gasteiger partial charge in [-0.3, -0.25) is 9.28 Å². The molecule has 0 N–H and O–H groups in total. The van der Waals surface area contributed by atoms with Crippen molar-refractivity contribution in [2.75, 3.05) is 33.5 Å². The second-order valence-corrected chi connectivity index (χ2v) is 12.0. The molecule has 226 valence electrons. The Bertz CT molecular complexity index is 895. The van der Waals surface area contributed by atoms with Gasteiger partial charge in [0.05, 0.1) is 31.9 Å². The van der Waals surface area contributed by atoms with E-state index in [0.29, 0.717) is 30.1 Å². The number of unbranched alkanes of at least 4 members (excludes halogenated alkanes) is 11. The summed E-state index contributed by atoms with van der Waals surface area (Å²) in [6.45, 7) is 7.27. The minimum absolute atomic E-state index is 0.0763. The second kappa shape index (κ2) is 21.7.